The standard InChI is InChI=1S/C12H14BrClFN/c13-11-6-9(3-4-12(11)15)8-16-5-1-2-10(16)7-14/h3-4,6,10H,1-2,5,7-8H2. The molecular weight excluding hydrogens is 292 g/mol. The van der Waals surface area contributed by atoms with Crippen molar-refractivity contribution in [1.82, 2.24) is 4.90 Å². The van der Waals surface area contributed by atoms with Gasteiger partial charge in [-0.15, -0.1) is 11.6 Å². The molecule has 4 heteroatoms. The van der Waals surface area contributed by atoms with Gasteiger partial charge in [-0.25, -0.2) is 4.39 Å². The van der Waals surface area contributed by atoms with Crippen LogP contribution in [0.5, 0.6) is 0 Å². The molecule has 1 aromatic rings. The Bertz CT molecular complexity index is 372. The second-order valence-corrected chi connectivity index (χ2v) is 5.33. The minimum atomic E-state index is -0.209. The van der Waals surface area contributed by atoms with Gasteiger partial charge in [0.2, 0.25) is 0 Å². The van der Waals surface area contributed by atoms with E-state index in [-0.39, 0.29) is 5.82 Å². The molecule has 1 fully saturated rings. The third kappa shape index (κ3) is 2.76. The van der Waals surface area contributed by atoms with E-state index >= 15 is 0 Å². The van der Waals surface area contributed by atoms with Crippen LogP contribution in [0, 0.1) is 5.82 Å². The molecule has 16 heavy (non-hydrogen) atoms. The first kappa shape index (κ1) is 12.3. The number of alkyl halides is 1. The number of benzene rings is 1. The van der Waals surface area contributed by atoms with Crippen LogP contribution in [0.15, 0.2) is 22.7 Å². The Morgan fingerprint density at radius 1 is 1.50 bits per heavy atom. The summed E-state index contributed by atoms with van der Waals surface area (Å²) in [5.41, 5.74) is 1.13. The molecular formula is C12H14BrClFN. The van der Waals surface area contributed by atoms with Crippen molar-refractivity contribution >= 4 is 27.5 Å². The first-order valence-corrected chi connectivity index (χ1v) is 6.77. The summed E-state index contributed by atoms with van der Waals surface area (Å²) in [5, 5.41) is 0. The molecule has 1 saturated heterocycles. The summed E-state index contributed by atoms with van der Waals surface area (Å²) in [6.45, 7) is 1.95. The summed E-state index contributed by atoms with van der Waals surface area (Å²) >= 11 is 9.12. The number of hydrogen-bond acceptors (Lipinski definition) is 1. The highest BCUT2D eigenvalue weighted by molar-refractivity contribution is 9.10. The lowest BCUT2D eigenvalue weighted by Crippen LogP contribution is -2.30. The van der Waals surface area contributed by atoms with Gasteiger partial charge in [0.15, 0.2) is 0 Å². The molecule has 1 heterocycles. The summed E-state index contributed by atoms with van der Waals surface area (Å²) in [6.07, 6.45) is 2.38. The van der Waals surface area contributed by atoms with Crippen molar-refractivity contribution in [3.63, 3.8) is 0 Å². The normalized spacial score (nSPS) is 21.6. The molecule has 0 amide bonds. The lowest BCUT2D eigenvalue weighted by molar-refractivity contribution is 0.262. The number of halogens is 3. The molecule has 1 unspecified atom stereocenters. The van der Waals surface area contributed by atoms with E-state index in [1.165, 1.54) is 18.9 Å². The van der Waals surface area contributed by atoms with E-state index in [1.54, 1.807) is 0 Å². The Kier molecular flexibility index (Phi) is 4.22. The minimum Gasteiger partial charge on any atom is -0.295 e. The average molecular weight is 307 g/mol. The van der Waals surface area contributed by atoms with Gasteiger partial charge in [0.25, 0.3) is 0 Å². The lowest BCUT2D eigenvalue weighted by Gasteiger charge is -2.22. The van der Waals surface area contributed by atoms with Gasteiger partial charge < -0.3 is 0 Å². The van der Waals surface area contributed by atoms with Gasteiger partial charge >= 0.3 is 0 Å². The summed E-state index contributed by atoms with van der Waals surface area (Å²) in [5.74, 6) is 0.474. The van der Waals surface area contributed by atoms with Gasteiger partial charge in [0.1, 0.15) is 5.82 Å². The van der Waals surface area contributed by atoms with Crippen LogP contribution in [0.3, 0.4) is 0 Å². The molecule has 0 spiro atoms. The van der Waals surface area contributed by atoms with Crippen molar-refractivity contribution in [3.8, 4) is 0 Å². The van der Waals surface area contributed by atoms with E-state index in [4.69, 9.17) is 11.6 Å². The summed E-state index contributed by atoms with van der Waals surface area (Å²) in [7, 11) is 0. The van der Waals surface area contributed by atoms with E-state index in [0.717, 1.165) is 18.7 Å². The monoisotopic (exact) mass is 305 g/mol. The van der Waals surface area contributed by atoms with E-state index in [1.807, 2.05) is 12.1 Å². The Labute approximate surface area is 109 Å². The third-order valence-electron chi connectivity index (χ3n) is 3.05. The van der Waals surface area contributed by atoms with Crippen molar-refractivity contribution in [2.45, 2.75) is 25.4 Å². The number of hydrogen-bond donors (Lipinski definition) is 0. The van der Waals surface area contributed by atoms with Crippen molar-refractivity contribution in [2.75, 3.05) is 12.4 Å². The topological polar surface area (TPSA) is 3.24 Å². The lowest BCUT2D eigenvalue weighted by atomic mass is 10.2. The summed E-state index contributed by atoms with van der Waals surface area (Å²) in [4.78, 5) is 2.37. The van der Waals surface area contributed by atoms with Crippen LogP contribution in [0.2, 0.25) is 0 Å². The molecule has 88 valence electrons. The number of nitrogens with zero attached hydrogens (tertiary/aromatic N) is 1. The highest BCUT2D eigenvalue weighted by atomic mass is 79.9. The maximum absolute atomic E-state index is 13.1. The van der Waals surface area contributed by atoms with Crippen LogP contribution in [-0.4, -0.2) is 23.4 Å². The number of rotatable bonds is 3. The maximum Gasteiger partial charge on any atom is 0.137 e. The fraction of sp³-hybridized carbons (Fsp3) is 0.500. The zero-order valence-corrected chi connectivity index (χ0v) is 11.3. The molecule has 0 radical (unpaired) electrons. The number of likely N-dealkylation sites (tertiary alicyclic amines) is 1. The molecule has 1 aliphatic heterocycles. The minimum absolute atomic E-state index is 0.209. The summed E-state index contributed by atoms with van der Waals surface area (Å²) in [6, 6.07) is 5.67. The molecule has 1 atom stereocenters. The van der Waals surface area contributed by atoms with Gasteiger partial charge in [-0.3, -0.25) is 4.90 Å². The summed E-state index contributed by atoms with van der Waals surface area (Å²) < 4.78 is 13.6. The molecule has 1 nitrogen and oxygen atoms in total. The molecule has 1 aliphatic rings. The smallest absolute Gasteiger partial charge is 0.137 e. The fourth-order valence-corrected chi connectivity index (χ4v) is 2.93. The first-order valence-electron chi connectivity index (χ1n) is 5.44. The van der Waals surface area contributed by atoms with Gasteiger partial charge in [0, 0.05) is 18.5 Å². The van der Waals surface area contributed by atoms with Crippen LogP contribution < -0.4 is 0 Å². The Hall–Kier alpha value is -0.120. The van der Waals surface area contributed by atoms with Crippen LogP contribution in [0.4, 0.5) is 4.39 Å². The van der Waals surface area contributed by atoms with Crippen LogP contribution in [0.25, 0.3) is 0 Å². The highest BCUT2D eigenvalue weighted by Gasteiger charge is 2.23. The van der Waals surface area contributed by atoms with Crippen molar-refractivity contribution < 1.29 is 4.39 Å². The van der Waals surface area contributed by atoms with E-state index in [2.05, 4.69) is 20.8 Å². The first-order chi connectivity index (χ1) is 7.70. The zero-order chi connectivity index (χ0) is 11.5. The van der Waals surface area contributed by atoms with Gasteiger partial charge in [-0.1, -0.05) is 6.07 Å². The Morgan fingerprint density at radius 3 is 3.00 bits per heavy atom. The largest absolute Gasteiger partial charge is 0.295 e. The van der Waals surface area contributed by atoms with Crippen molar-refractivity contribution in [1.29, 1.82) is 0 Å². The quantitative estimate of drug-likeness (QED) is 0.768. The van der Waals surface area contributed by atoms with E-state index in [0.29, 0.717) is 16.4 Å². The predicted molar refractivity (Wildman–Crippen MR) is 68.3 cm³/mol. The molecule has 1 aromatic carbocycles. The molecule has 0 bridgehead atoms. The van der Waals surface area contributed by atoms with Gasteiger partial charge in [0.05, 0.1) is 4.47 Å². The van der Waals surface area contributed by atoms with E-state index < -0.39 is 0 Å². The van der Waals surface area contributed by atoms with E-state index in [9.17, 15) is 4.39 Å². The van der Waals surface area contributed by atoms with Crippen molar-refractivity contribution in [2.24, 2.45) is 0 Å². The molecule has 0 aromatic heterocycles. The predicted octanol–water partition coefficient (Wildman–Crippen LogP) is 3.79. The fourth-order valence-electron chi connectivity index (χ4n) is 2.15. The Balaban J connectivity index is 2.05. The van der Waals surface area contributed by atoms with Crippen LogP contribution in [0.1, 0.15) is 18.4 Å². The molecule has 0 N–H and O–H groups in total. The molecule has 0 saturated carbocycles. The average Bonchev–Trinajstić information content (AvgIpc) is 2.71. The van der Waals surface area contributed by atoms with Gasteiger partial charge in [-0.2, -0.15) is 0 Å². The van der Waals surface area contributed by atoms with Crippen molar-refractivity contribution in [3.05, 3.63) is 34.1 Å². The second kappa shape index (κ2) is 5.48. The van der Waals surface area contributed by atoms with Crippen LogP contribution >= 0.6 is 27.5 Å². The maximum atomic E-state index is 13.1. The third-order valence-corrected chi connectivity index (χ3v) is 4.01. The highest BCUT2D eigenvalue weighted by Crippen LogP contribution is 2.23. The molecule has 0 aliphatic carbocycles. The Morgan fingerprint density at radius 2 is 2.31 bits per heavy atom. The van der Waals surface area contributed by atoms with Crippen LogP contribution in [-0.2, 0) is 6.54 Å². The second-order valence-electron chi connectivity index (χ2n) is 4.17. The molecule has 2 rings (SSSR count). The SMILES string of the molecule is Fc1ccc(CN2CCCC2CCl)cc1Br. The van der Waals surface area contributed by atoms with Gasteiger partial charge in [-0.05, 0) is 53.0 Å². The zero-order valence-electron chi connectivity index (χ0n) is 8.93.